The van der Waals surface area contributed by atoms with Gasteiger partial charge in [0.05, 0.1) is 4.90 Å². The summed E-state index contributed by atoms with van der Waals surface area (Å²) in [6.45, 7) is 1.53. The van der Waals surface area contributed by atoms with Crippen LogP contribution in [0.3, 0.4) is 0 Å². The summed E-state index contributed by atoms with van der Waals surface area (Å²) in [5, 5.41) is 2.21. The van der Waals surface area contributed by atoms with Crippen molar-refractivity contribution in [3.05, 3.63) is 41.4 Å². The third kappa shape index (κ3) is 5.63. The molecule has 11 heteroatoms. The summed E-state index contributed by atoms with van der Waals surface area (Å²) in [7, 11) is -3.87. The fourth-order valence-corrected chi connectivity index (χ4v) is 8.11. The van der Waals surface area contributed by atoms with Crippen LogP contribution in [0.4, 0.5) is 0 Å². The molecule has 0 spiro atoms. The molecule has 0 radical (unpaired) electrons. The second-order valence-electron chi connectivity index (χ2n) is 10.1. The Labute approximate surface area is 227 Å². The van der Waals surface area contributed by atoms with Crippen LogP contribution < -0.4 is 5.73 Å². The van der Waals surface area contributed by atoms with E-state index < -0.39 is 16.1 Å². The van der Waals surface area contributed by atoms with Gasteiger partial charge in [0.25, 0.3) is 0 Å². The third-order valence-electron chi connectivity index (χ3n) is 7.77. The Balaban J connectivity index is 1.41. The summed E-state index contributed by atoms with van der Waals surface area (Å²) in [5.41, 5.74) is 6.04. The Morgan fingerprint density at radius 3 is 2.30 bits per heavy atom. The number of hydrogen-bond acceptors (Lipinski definition) is 6. The van der Waals surface area contributed by atoms with E-state index in [1.165, 1.54) is 4.31 Å². The molecule has 2 aliphatic heterocycles. The van der Waals surface area contributed by atoms with E-state index >= 15 is 0 Å². The molecule has 5 rings (SSSR count). The molecule has 2 amide bonds. The lowest BCUT2D eigenvalue weighted by molar-refractivity contribution is -0.151. The number of hydrogen-bond donors (Lipinski definition) is 1. The number of halogens is 1. The number of amides is 2. The van der Waals surface area contributed by atoms with Gasteiger partial charge in [-0.3, -0.25) is 9.59 Å². The number of rotatable bonds is 4. The van der Waals surface area contributed by atoms with Crippen LogP contribution >= 0.6 is 23.4 Å². The first-order valence-corrected chi connectivity index (χ1v) is 15.8. The standard InChI is InChI=1S/C26H33ClN4O4S2/c27-21-5-1-20-16-23(8-4-19(20)15-21)37(34,35)30-9-10-31(25(32)18-2-6-22(28)7-3-18)24(17-30)26(33)29-11-13-36-14-12-29/h1,4-5,8,15-16,18,22,24H,2-3,6-7,9-14,17,28H2. The van der Waals surface area contributed by atoms with Gasteiger partial charge in [0.1, 0.15) is 6.04 Å². The molecule has 200 valence electrons. The molecule has 2 aromatic carbocycles. The Kier molecular flexibility index (Phi) is 8.02. The minimum Gasteiger partial charge on any atom is -0.339 e. The number of piperazine rings is 1. The fourth-order valence-electron chi connectivity index (χ4n) is 5.55. The minimum absolute atomic E-state index is 0.0402. The molecule has 1 aliphatic carbocycles. The van der Waals surface area contributed by atoms with Gasteiger partial charge in [0, 0.05) is 61.2 Å². The maximum atomic E-state index is 13.7. The maximum Gasteiger partial charge on any atom is 0.246 e. The first-order valence-electron chi connectivity index (χ1n) is 12.9. The monoisotopic (exact) mass is 564 g/mol. The topological polar surface area (TPSA) is 104 Å². The Hall–Kier alpha value is -1.85. The molecule has 1 atom stereocenters. The number of carbonyl (C=O) groups is 2. The molecular formula is C26H33ClN4O4S2. The average Bonchev–Trinajstić information content (AvgIpc) is 2.92. The van der Waals surface area contributed by atoms with E-state index in [1.54, 1.807) is 58.0 Å². The zero-order chi connectivity index (χ0) is 26.2. The van der Waals surface area contributed by atoms with Crippen LogP contribution in [0, 0.1) is 5.92 Å². The van der Waals surface area contributed by atoms with Crippen molar-refractivity contribution in [1.29, 1.82) is 0 Å². The first kappa shape index (κ1) is 26.7. The van der Waals surface area contributed by atoms with Gasteiger partial charge < -0.3 is 15.5 Å². The van der Waals surface area contributed by atoms with Crippen molar-refractivity contribution < 1.29 is 18.0 Å². The number of thioether (sulfide) groups is 1. The van der Waals surface area contributed by atoms with E-state index in [1.807, 2.05) is 0 Å². The number of benzene rings is 2. The van der Waals surface area contributed by atoms with E-state index in [2.05, 4.69) is 0 Å². The van der Waals surface area contributed by atoms with Crippen molar-refractivity contribution in [1.82, 2.24) is 14.1 Å². The number of carbonyl (C=O) groups excluding carboxylic acids is 2. The van der Waals surface area contributed by atoms with Gasteiger partial charge in [-0.05, 0) is 60.7 Å². The van der Waals surface area contributed by atoms with Gasteiger partial charge in [-0.15, -0.1) is 0 Å². The summed E-state index contributed by atoms with van der Waals surface area (Å²) in [6.07, 6.45) is 3.00. The highest BCUT2D eigenvalue weighted by molar-refractivity contribution is 7.99. The van der Waals surface area contributed by atoms with Crippen LogP contribution in [0.2, 0.25) is 5.02 Å². The van der Waals surface area contributed by atoms with Gasteiger partial charge >= 0.3 is 0 Å². The quantitative estimate of drug-likeness (QED) is 0.612. The SMILES string of the molecule is NC1CCC(C(=O)N2CCN(S(=O)(=O)c3ccc4cc(Cl)ccc4c3)CC2C(=O)N2CCSCC2)CC1. The maximum absolute atomic E-state index is 13.7. The molecule has 2 heterocycles. The highest BCUT2D eigenvalue weighted by Crippen LogP contribution is 2.30. The smallest absolute Gasteiger partial charge is 0.246 e. The normalized spacial score (nSPS) is 25.8. The van der Waals surface area contributed by atoms with Gasteiger partial charge in [0.15, 0.2) is 0 Å². The van der Waals surface area contributed by atoms with Crippen LogP contribution in [0.25, 0.3) is 10.8 Å². The lowest BCUT2D eigenvalue weighted by atomic mass is 9.85. The minimum atomic E-state index is -3.87. The van der Waals surface area contributed by atoms with Crippen molar-refractivity contribution in [3.8, 4) is 0 Å². The fraction of sp³-hybridized carbons (Fsp3) is 0.538. The predicted molar refractivity (Wildman–Crippen MR) is 147 cm³/mol. The molecule has 8 nitrogen and oxygen atoms in total. The molecule has 2 saturated heterocycles. The highest BCUT2D eigenvalue weighted by Gasteiger charge is 2.43. The Morgan fingerprint density at radius 1 is 0.892 bits per heavy atom. The van der Waals surface area contributed by atoms with Crippen LogP contribution in [0.15, 0.2) is 41.3 Å². The molecule has 1 saturated carbocycles. The van der Waals surface area contributed by atoms with Crippen LogP contribution in [-0.4, -0.2) is 90.7 Å². The molecular weight excluding hydrogens is 532 g/mol. The Morgan fingerprint density at radius 2 is 1.57 bits per heavy atom. The van der Waals surface area contributed by atoms with Gasteiger partial charge in [-0.1, -0.05) is 23.7 Å². The zero-order valence-electron chi connectivity index (χ0n) is 20.7. The summed E-state index contributed by atoms with van der Waals surface area (Å²) in [4.78, 5) is 30.9. The molecule has 1 unspecified atom stereocenters. The number of nitrogens with zero attached hydrogens (tertiary/aromatic N) is 3. The van der Waals surface area contributed by atoms with Crippen molar-refractivity contribution in [2.24, 2.45) is 11.7 Å². The van der Waals surface area contributed by atoms with Crippen molar-refractivity contribution in [2.45, 2.75) is 42.7 Å². The van der Waals surface area contributed by atoms with Crippen molar-refractivity contribution in [2.75, 3.05) is 44.2 Å². The van der Waals surface area contributed by atoms with Crippen molar-refractivity contribution in [3.63, 3.8) is 0 Å². The predicted octanol–water partition coefficient (Wildman–Crippen LogP) is 2.79. The highest BCUT2D eigenvalue weighted by atomic mass is 35.5. The largest absolute Gasteiger partial charge is 0.339 e. The van der Waals surface area contributed by atoms with Gasteiger partial charge in [-0.2, -0.15) is 16.1 Å². The second kappa shape index (κ2) is 11.1. The summed E-state index contributed by atoms with van der Waals surface area (Å²) >= 11 is 7.88. The average molecular weight is 565 g/mol. The summed E-state index contributed by atoms with van der Waals surface area (Å²) in [6, 6.07) is 9.58. The molecule has 2 aromatic rings. The molecule has 3 fully saturated rings. The lowest BCUT2D eigenvalue weighted by Gasteiger charge is -2.44. The van der Waals surface area contributed by atoms with E-state index in [9.17, 15) is 18.0 Å². The summed E-state index contributed by atoms with van der Waals surface area (Å²) in [5.74, 6) is 1.32. The van der Waals surface area contributed by atoms with E-state index in [-0.39, 0.29) is 48.3 Å². The van der Waals surface area contributed by atoms with E-state index in [4.69, 9.17) is 17.3 Å². The molecule has 37 heavy (non-hydrogen) atoms. The van der Waals surface area contributed by atoms with E-state index in [0.717, 1.165) is 35.1 Å². The number of fused-ring (bicyclic) bond motifs is 1. The van der Waals surface area contributed by atoms with Crippen molar-refractivity contribution >= 4 is 56.0 Å². The number of nitrogens with two attached hydrogens (primary N) is 1. The molecule has 2 N–H and O–H groups in total. The molecule has 0 aromatic heterocycles. The molecule has 0 bridgehead atoms. The zero-order valence-corrected chi connectivity index (χ0v) is 23.1. The van der Waals surface area contributed by atoms with Crippen LogP contribution in [-0.2, 0) is 19.6 Å². The second-order valence-corrected chi connectivity index (χ2v) is 13.7. The number of sulfonamides is 1. The molecule has 3 aliphatic rings. The first-order chi connectivity index (χ1) is 17.7. The van der Waals surface area contributed by atoms with Crippen LogP contribution in [0.5, 0.6) is 0 Å². The third-order valence-corrected chi connectivity index (χ3v) is 10.8. The van der Waals surface area contributed by atoms with Gasteiger partial charge in [0.2, 0.25) is 21.8 Å². The summed E-state index contributed by atoms with van der Waals surface area (Å²) < 4.78 is 28.8. The van der Waals surface area contributed by atoms with Gasteiger partial charge in [-0.25, -0.2) is 8.42 Å². The van der Waals surface area contributed by atoms with E-state index in [0.29, 0.717) is 31.0 Å². The lowest BCUT2D eigenvalue weighted by Crippen LogP contribution is -2.63. The van der Waals surface area contributed by atoms with Crippen LogP contribution in [0.1, 0.15) is 25.7 Å². The Bertz CT molecular complexity index is 1280.